The molecule has 0 heterocycles. The van der Waals surface area contributed by atoms with Crippen molar-refractivity contribution in [1.29, 1.82) is 0 Å². The Labute approximate surface area is 191 Å². The molecule has 0 atom stereocenters. The van der Waals surface area contributed by atoms with Gasteiger partial charge in [0.15, 0.2) is 17.4 Å². The van der Waals surface area contributed by atoms with E-state index in [9.17, 15) is 30.7 Å². The van der Waals surface area contributed by atoms with E-state index in [-0.39, 0.29) is 16.7 Å². The second-order valence-electron chi connectivity index (χ2n) is 7.03. The van der Waals surface area contributed by atoms with Crippen molar-refractivity contribution in [1.82, 2.24) is 0 Å². The fourth-order valence-corrected chi connectivity index (χ4v) is 2.98. The van der Waals surface area contributed by atoms with Gasteiger partial charge in [0.05, 0.1) is 11.1 Å². The second kappa shape index (κ2) is 10.8. The van der Waals surface area contributed by atoms with Crippen LogP contribution in [0.25, 0.3) is 0 Å². The normalized spacial score (nSPS) is 10.4. The molecule has 0 bridgehead atoms. The van der Waals surface area contributed by atoms with Crippen molar-refractivity contribution in [2.24, 2.45) is 0 Å². The lowest BCUT2D eigenvalue weighted by Gasteiger charge is -2.06. The molecular weight excluding hydrogens is 461 g/mol. The van der Waals surface area contributed by atoms with Gasteiger partial charge in [0.1, 0.15) is 17.5 Å². The minimum atomic E-state index is -3.41. The summed E-state index contributed by atoms with van der Waals surface area (Å²) in [5, 5.41) is 0. The van der Waals surface area contributed by atoms with Crippen molar-refractivity contribution in [3.05, 3.63) is 99.4 Å². The van der Waals surface area contributed by atoms with E-state index >= 15 is 0 Å². The zero-order chi connectivity index (χ0) is 24.8. The molecule has 0 aromatic heterocycles. The molecule has 3 rings (SSSR count). The number of ether oxygens (including phenoxy) is 1. The lowest BCUT2D eigenvalue weighted by atomic mass is 10.1. The number of hydrogen-bond donors (Lipinski definition) is 0. The summed E-state index contributed by atoms with van der Waals surface area (Å²) in [6, 6.07) is 7.30. The molecule has 174 valence electrons. The summed E-state index contributed by atoms with van der Waals surface area (Å²) in [6.07, 6.45) is 1.24. The van der Waals surface area contributed by atoms with E-state index in [2.05, 4.69) is 28.4 Å². The average molecular weight is 476 g/mol. The lowest BCUT2D eigenvalue weighted by Crippen LogP contribution is -2.06. The van der Waals surface area contributed by atoms with Crippen molar-refractivity contribution in [2.45, 2.75) is 26.4 Å². The summed E-state index contributed by atoms with van der Waals surface area (Å²) in [4.78, 5) is 0. The Hall–Kier alpha value is -3.91. The number of rotatable bonds is 4. The SMILES string of the molecule is CCCc1cc(F)c(C#Cc2ccc(C#Cc3cc(F)c(OC(F)F)c(F)c3)c(F)c2)c(F)c1. The molecule has 0 aliphatic carbocycles. The van der Waals surface area contributed by atoms with Crippen molar-refractivity contribution in [2.75, 3.05) is 0 Å². The van der Waals surface area contributed by atoms with Gasteiger partial charge in [-0.15, -0.1) is 0 Å². The number of aryl methyl sites for hydroxylation is 1. The van der Waals surface area contributed by atoms with Crippen LogP contribution in [-0.4, -0.2) is 6.61 Å². The van der Waals surface area contributed by atoms with Crippen LogP contribution in [0, 0.1) is 52.8 Å². The van der Waals surface area contributed by atoms with E-state index in [0.717, 1.165) is 12.5 Å². The van der Waals surface area contributed by atoms with Gasteiger partial charge in [-0.25, -0.2) is 22.0 Å². The van der Waals surface area contributed by atoms with E-state index < -0.39 is 47.0 Å². The van der Waals surface area contributed by atoms with Gasteiger partial charge in [0.2, 0.25) is 0 Å². The fraction of sp³-hybridized carbons (Fsp3) is 0.154. The maximum atomic E-state index is 14.4. The fourth-order valence-electron chi connectivity index (χ4n) is 2.98. The van der Waals surface area contributed by atoms with Crippen molar-refractivity contribution < 1.29 is 35.5 Å². The van der Waals surface area contributed by atoms with Crippen LogP contribution in [0.4, 0.5) is 30.7 Å². The van der Waals surface area contributed by atoms with Crippen molar-refractivity contribution in [3.8, 4) is 29.4 Å². The largest absolute Gasteiger partial charge is 0.429 e. The molecule has 0 spiro atoms. The summed E-state index contributed by atoms with van der Waals surface area (Å²) in [6.45, 7) is -1.53. The van der Waals surface area contributed by atoms with Gasteiger partial charge >= 0.3 is 6.61 Å². The van der Waals surface area contributed by atoms with Crippen LogP contribution in [0.5, 0.6) is 5.75 Å². The third-order valence-corrected chi connectivity index (χ3v) is 4.49. The van der Waals surface area contributed by atoms with Gasteiger partial charge in [-0.05, 0) is 54.4 Å². The molecule has 3 aromatic carbocycles. The number of benzene rings is 3. The van der Waals surface area contributed by atoms with Crippen LogP contribution in [0.1, 0.15) is 41.2 Å². The zero-order valence-corrected chi connectivity index (χ0v) is 17.6. The highest BCUT2D eigenvalue weighted by Crippen LogP contribution is 2.25. The quantitative estimate of drug-likeness (QED) is 0.300. The van der Waals surface area contributed by atoms with Gasteiger partial charge in [-0.2, -0.15) is 8.78 Å². The average Bonchev–Trinajstić information content (AvgIpc) is 2.75. The van der Waals surface area contributed by atoms with E-state index in [1.807, 2.05) is 6.92 Å². The number of alkyl halides is 2. The third-order valence-electron chi connectivity index (χ3n) is 4.49. The lowest BCUT2D eigenvalue weighted by molar-refractivity contribution is -0.0546. The Morgan fingerprint density at radius 1 is 0.706 bits per heavy atom. The second-order valence-corrected chi connectivity index (χ2v) is 7.03. The van der Waals surface area contributed by atoms with Gasteiger partial charge < -0.3 is 4.74 Å². The molecule has 1 nitrogen and oxygen atoms in total. The van der Waals surface area contributed by atoms with Crippen LogP contribution in [0.15, 0.2) is 42.5 Å². The molecule has 0 saturated carbocycles. The van der Waals surface area contributed by atoms with Crippen LogP contribution >= 0.6 is 0 Å². The summed E-state index contributed by atoms with van der Waals surface area (Å²) >= 11 is 0. The maximum Gasteiger partial charge on any atom is 0.387 e. The zero-order valence-electron chi connectivity index (χ0n) is 17.6. The maximum absolute atomic E-state index is 14.4. The Bertz CT molecular complexity index is 1290. The Morgan fingerprint density at radius 3 is 1.85 bits per heavy atom. The third kappa shape index (κ3) is 6.11. The first-order valence-electron chi connectivity index (χ1n) is 9.93. The molecule has 0 aliphatic heterocycles. The Kier molecular flexibility index (Phi) is 7.86. The van der Waals surface area contributed by atoms with Crippen molar-refractivity contribution >= 4 is 0 Å². The molecular formula is C26H15F7O. The minimum Gasteiger partial charge on any atom is -0.429 e. The molecule has 0 aliphatic rings. The standard InChI is InChI=1S/C26H15F7O/c1-2-3-16-11-21(28)19(22(29)12-16)9-6-15-4-7-18(20(27)10-15)8-5-17-13-23(30)25(24(31)14-17)34-26(32)33/h4,7,10-14,26H,2-3H2,1H3. The minimum absolute atomic E-state index is 0.116. The molecule has 0 unspecified atom stereocenters. The summed E-state index contributed by atoms with van der Waals surface area (Å²) < 4.78 is 98.3. The predicted molar refractivity (Wildman–Crippen MR) is 112 cm³/mol. The van der Waals surface area contributed by atoms with Gasteiger partial charge in [0.25, 0.3) is 0 Å². The number of halogens is 7. The highest BCUT2D eigenvalue weighted by molar-refractivity contribution is 5.50. The van der Waals surface area contributed by atoms with Crippen LogP contribution in [0.2, 0.25) is 0 Å². The first-order chi connectivity index (χ1) is 16.2. The molecule has 0 saturated heterocycles. The number of hydrogen-bond acceptors (Lipinski definition) is 1. The van der Waals surface area contributed by atoms with Gasteiger partial charge in [-0.1, -0.05) is 37.0 Å². The first kappa shape index (κ1) is 24.7. The Morgan fingerprint density at radius 2 is 1.29 bits per heavy atom. The first-order valence-corrected chi connectivity index (χ1v) is 9.93. The van der Waals surface area contributed by atoms with E-state index in [1.165, 1.54) is 24.3 Å². The smallest absolute Gasteiger partial charge is 0.387 e. The topological polar surface area (TPSA) is 9.23 Å². The van der Waals surface area contributed by atoms with E-state index in [4.69, 9.17) is 0 Å². The van der Waals surface area contributed by atoms with Gasteiger partial charge in [-0.3, -0.25) is 0 Å². The van der Waals surface area contributed by atoms with Crippen LogP contribution in [-0.2, 0) is 6.42 Å². The molecule has 34 heavy (non-hydrogen) atoms. The molecule has 0 radical (unpaired) electrons. The summed E-state index contributed by atoms with van der Waals surface area (Å²) in [5.74, 6) is 3.02. The summed E-state index contributed by atoms with van der Waals surface area (Å²) in [5.41, 5.74) is -0.205. The van der Waals surface area contributed by atoms with E-state index in [1.54, 1.807) is 0 Å². The monoisotopic (exact) mass is 476 g/mol. The molecule has 0 fully saturated rings. The molecule has 8 heteroatoms. The predicted octanol–water partition coefficient (Wildman–Crippen LogP) is 6.74. The highest BCUT2D eigenvalue weighted by Gasteiger charge is 2.16. The van der Waals surface area contributed by atoms with Crippen molar-refractivity contribution in [3.63, 3.8) is 0 Å². The summed E-state index contributed by atoms with van der Waals surface area (Å²) in [7, 11) is 0. The molecule has 3 aromatic rings. The van der Waals surface area contributed by atoms with Gasteiger partial charge in [0, 0.05) is 11.1 Å². The molecule has 0 amide bonds. The highest BCUT2D eigenvalue weighted by atomic mass is 19.3. The van der Waals surface area contributed by atoms with Crippen LogP contribution in [0.3, 0.4) is 0 Å². The van der Waals surface area contributed by atoms with Crippen LogP contribution < -0.4 is 4.74 Å². The Balaban J connectivity index is 1.83. The van der Waals surface area contributed by atoms with E-state index in [0.29, 0.717) is 24.1 Å². The molecule has 0 N–H and O–H groups in total.